The van der Waals surface area contributed by atoms with Crippen LogP contribution in [0.4, 0.5) is 11.4 Å². The van der Waals surface area contributed by atoms with E-state index in [0.29, 0.717) is 11.7 Å². The van der Waals surface area contributed by atoms with Crippen molar-refractivity contribution in [1.29, 1.82) is 0 Å². The first-order valence-electron chi connectivity index (χ1n) is 7.29. The van der Waals surface area contributed by atoms with Crippen LogP contribution in [0.1, 0.15) is 36.3 Å². The molecule has 22 heavy (non-hydrogen) atoms. The van der Waals surface area contributed by atoms with Crippen LogP contribution < -0.4 is 10.6 Å². The summed E-state index contributed by atoms with van der Waals surface area (Å²) in [5.41, 5.74) is 3.09. The number of aromatic nitrogens is 1. The van der Waals surface area contributed by atoms with Gasteiger partial charge in [-0.05, 0) is 56.2 Å². The number of hydrogen-bond acceptors (Lipinski definition) is 3. The molecule has 0 aliphatic rings. The first kappa shape index (κ1) is 16.5. The van der Waals surface area contributed by atoms with Crippen molar-refractivity contribution in [3.8, 4) is 0 Å². The predicted molar refractivity (Wildman–Crippen MR) is 94.4 cm³/mol. The molecule has 1 unspecified atom stereocenters. The Morgan fingerprint density at radius 2 is 2.09 bits per heavy atom. The van der Waals surface area contributed by atoms with E-state index in [1.165, 1.54) is 0 Å². The van der Waals surface area contributed by atoms with Gasteiger partial charge in [-0.25, -0.2) is 0 Å². The lowest BCUT2D eigenvalue weighted by atomic mass is 10.2. The SMILES string of the molecule is CCC(C)Nc1ccnc(C(=O)Nc2ccc(Br)cc2C)c1. The molecule has 2 N–H and O–H groups in total. The Labute approximate surface area is 139 Å². The smallest absolute Gasteiger partial charge is 0.274 e. The predicted octanol–water partition coefficient (Wildman–Crippen LogP) is 4.62. The molecule has 0 aliphatic heterocycles. The zero-order valence-electron chi connectivity index (χ0n) is 13.0. The number of carbonyl (C=O) groups is 1. The Morgan fingerprint density at radius 3 is 2.77 bits per heavy atom. The van der Waals surface area contributed by atoms with Gasteiger partial charge in [-0.15, -0.1) is 0 Å². The molecule has 2 rings (SSSR count). The number of aryl methyl sites for hydroxylation is 1. The third-order valence-corrected chi connectivity index (χ3v) is 3.95. The molecule has 1 amide bonds. The number of pyridine rings is 1. The monoisotopic (exact) mass is 361 g/mol. The number of halogens is 1. The number of benzene rings is 1. The molecular weight excluding hydrogens is 342 g/mol. The second kappa shape index (κ2) is 7.40. The number of nitrogens with one attached hydrogen (secondary N) is 2. The molecule has 1 atom stereocenters. The molecule has 4 nitrogen and oxygen atoms in total. The molecule has 116 valence electrons. The molecular formula is C17H20BrN3O. The van der Waals surface area contributed by atoms with E-state index in [-0.39, 0.29) is 5.91 Å². The fraction of sp³-hybridized carbons (Fsp3) is 0.294. The Kier molecular flexibility index (Phi) is 5.55. The molecule has 0 saturated heterocycles. The highest BCUT2D eigenvalue weighted by Crippen LogP contribution is 2.21. The van der Waals surface area contributed by atoms with E-state index in [2.05, 4.69) is 45.4 Å². The second-order valence-electron chi connectivity index (χ2n) is 5.30. The molecule has 0 radical (unpaired) electrons. The van der Waals surface area contributed by atoms with Gasteiger partial charge >= 0.3 is 0 Å². The highest BCUT2D eigenvalue weighted by Gasteiger charge is 2.10. The molecule has 1 heterocycles. The molecule has 5 heteroatoms. The van der Waals surface area contributed by atoms with Gasteiger partial charge in [-0.3, -0.25) is 9.78 Å². The normalized spacial score (nSPS) is 11.8. The fourth-order valence-corrected chi connectivity index (χ4v) is 2.46. The average molecular weight is 362 g/mol. The van der Waals surface area contributed by atoms with Crippen LogP contribution in [-0.4, -0.2) is 16.9 Å². The van der Waals surface area contributed by atoms with E-state index in [1.54, 1.807) is 12.3 Å². The lowest BCUT2D eigenvalue weighted by Crippen LogP contribution is -2.17. The second-order valence-corrected chi connectivity index (χ2v) is 6.21. The standard InChI is InChI=1S/C17H20BrN3O/c1-4-12(3)20-14-7-8-19-16(10-14)17(22)21-15-6-5-13(18)9-11(15)2/h5-10,12H,4H2,1-3H3,(H,19,20)(H,21,22). The van der Waals surface area contributed by atoms with Gasteiger partial charge in [0.1, 0.15) is 5.69 Å². The molecule has 0 spiro atoms. The van der Waals surface area contributed by atoms with Gasteiger partial charge in [0.2, 0.25) is 0 Å². The summed E-state index contributed by atoms with van der Waals surface area (Å²) in [4.78, 5) is 16.5. The minimum atomic E-state index is -0.210. The fourth-order valence-electron chi connectivity index (χ4n) is 1.98. The van der Waals surface area contributed by atoms with Crippen LogP contribution in [0.25, 0.3) is 0 Å². The molecule has 0 bridgehead atoms. The van der Waals surface area contributed by atoms with E-state index in [9.17, 15) is 4.79 Å². The van der Waals surface area contributed by atoms with E-state index in [1.807, 2.05) is 31.2 Å². The largest absolute Gasteiger partial charge is 0.382 e. The summed E-state index contributed by atoms with van der Waals surface area (Å²) in [6.07, 6.45) is 2.66. The number of hydrogen-bond donors (Lipinski definition) is 2. The number of carbonyl (C=O) groups excluding carboxylic acids is 1. The van der Waals surface area contributed by atoms with Gasteiger partial charge in [0.25, 0.3) is 5.91 Å². The van der Waals surface area contributed by atoms with Crippen LogP contribution in [-0.2, 0) is 0 Å². The van der Waals surface area contributed by atoms with Crippen molar-refractivity contribution >= 4 is 33.2 Å². The highest BCUT2D eigenvalue weighted by atomic mass is 79.9. The number of amides is 1. The highest BCUT2D eigenvalue weighted by molar-refractivity contribution is 9.10. The van der Waals surface area contributed by atoms with Gasteiger partial charge in [-0.2, -0.15) is 0 Å². The molecule has 0 saturated carbocycles. The van der Waals surface area contributed by atoms with E-state index >= 15 is 0 Å². The van der Waals surface area contributed by atoms with Crippen molar-refractivity contribution in [2.24, 2.45) is 0 Å². The van der Waals surface area contributed by atoms with E-state index < -0.39 is 0 Å². The van der Waals surface area contributed by atoms with Crippen LogP contribution >= 0.6 is 15.9 Å². The van der Waals surface area contributed by atoms with Crippen LogP contribution in [0.2, 0.25) is 0 Å². The van der Waals surface area contributed by atoms with Gasteiger partial charge in [-0.1, -0.05) is 22.9 Å². The maximum absolute atomic E-state index is 12.3. The van der Waals surface area contributed by atoms with Crippen LogP contribution in [0.3, 0.4) is 0 Å². The summed E-state index contributed by atoms with van der Waals surface area (Å²) in [5, 5.41) is 6.24. The minimum Gasteiger partial charge on any atom is -0.382 e. The van der Waals surface area contributed by atoms with Crippen molar-refractivity contribution in [1.82, 2.24) is 4.98 Å². The summed E-state index contributed by atoms with van der Waals surface area (Å²) >= 11 is 3.41. The van der Waals surface area contributed by atoms with Gasteiger partial charge < -0.3 is 10.6 Å². The first-order chi connectivity index (χ1) is 10.5. The number of rotatable bonds is 5. The van der Waals surface area contributed by atoms with Crippen molar-refractivity contribution < 1.29 is 4.79 Å². The molecule has 2 aromatic rings. The van der Waals surface area contributed by atoms with Crippen molar-refractivity contribution in [3.63, 3.8) is 0 Å². The third-order valence-electron chi connectivity index (χ3n) is 3.45. The quantitative estimate of drug-likeness (QED) is 0.816. The van der Waals surface area contributed by atoms with Crippen LogP contribution in [0.5, 0.6) is 0 Å². The van der Waals surface area contributed by atoms with Crippen molar-refractivity contribution in [3.05, 3.63) is 52.3 Å². The van der Waals surface area contributed by atoms with E-state index in [4.69, 9.17) is 0 Å². The van der Waals surface area contributed by atoms with Gasteiger partial charge in [0.15, 0.2) is 0 Å². The Balaban J connectivity index is 2.14. The van der Waals surface area contributed by atoms with Crippen molar-refractivity contribution in [2.75, 3.05) is 10.6 Å². The topological polar surface area (TPSA) is 54.0 Å². The Morgan fingerprint density at radius 1 is 1.32 bits per heavy atom. The van der Waals surface area contributed by atoms with Gasteiger partial charge in [0, 0.05) is 28.1 Å². The number of anilines is 2. The summed E-state index contributed by atoms with van der Waals surface area (Å²) in [6, 6.07) is 9.73. The Hall–Kier alpha value is -1.88. The summed E-state index contributed by atoms with van der Waals surface area (Å²) < 4.78 is 0.987. The molecule has 1 aromatic heterocycles. The zero-order valence-corrected chi connectivity index (χ0v) is 14.6. The maximum Gasteiger partial charge on any atom is 0.274 e. The Bertz CT molecular complexity index is 673. The summed E-state index contributed by atoms with van der Waals surface area (Å²) in [5.74, 6) is -0.210. The average Bonchev–Trinajstić information content (AvgIpc) is 2.50. The molecule has 0 fully saturated rings. The summed E-state index contributed by atoms with van der Waals surface area (Å²) in [6.45, 7) is 6.17. The van der Waals surface area contributed by atoms with E-state index in [0.717, 1.165) is 27.8 Å². The zero-order chi connectivity index (χ0) is 16.1. The van der Waals surface area contributed by atoms with Gasteiger partial charge in [0.05, 0.1) is 0 Å². The minimum absolute atomic E-state index is 0.210. The van der Waals surface area contributed by atoms with Crippen LogP contribution in [0.15, 0.2) is 41.0 Å². The molecule has 0 aliphatic carbocycles. The maximum atomic E-state index is 12.3. The number of nitrogens with zero attached hydrogens (tertiary/aromatic N) is 1. The summed E-state index contributed by atoms with van der Waals surface area (Å²) in [7, 11) is 0. The first-order valence-corrected chi connectivity index (χ1v) is 8.09. The lowest BCUT2D eigenvalue weighted by Gasteiger charge is -2.13. The van der Waals surface area contributed by atoms with Crippen molar-refractivity contribution in [2.45, 2.75) is 33.2 Å². The third kappa shape index (κ3) is 4.31. The lowest BCUT2D eigenvalue weighted by molar-refractivity contribution is 0.102. The van der Waals surface area contributed by atoms with Crippen LogP contribution in [0, 0.1) is 6.92 Å². The molecule has 1 aromatic carbocycles.